The second kappa shape index (κ2) is 9.65. The third kappa shape index (κ3) is 4.26. The summed E-state index contributed by atoms with van der Waals surface area (Å²) >= 11 is 0. The molecule has 1 amide bonds. The fraction of sp³-hybridized carbons (Fsp3) is 0.296. The highest BCUT2D eigenvalue weighted by atomic mass is 16.5. The van der Waals surface area contributed by atoms with E-state index in [9.17, 15) is 4.79 Å². The van der Waals surface area contributed by atoms with E-state index in [1.807, 2.05) is 61.5 Å². The van der Waals surface area contributed by atoms with E-state index in [0.29, 0.717) is 24.8 Å². The standard InChI is InChI=1S/C27H29N5O2/c1-3-34-25-11-19(9-10-24(25)18-7-5-4-6-8-18)27(33)32(23-12-22(13-23)28-2)17-21-15-29-14-20-16-30-31-26(20)21/h4-11,14-16,22-23,28H,3,12-13,17H2,1-2H3,(H,30,31). The summed E-state index contributed by atoms with van der Waals surface area (Å²) in [5.74, 6) is 0.718. The van der Waals surface area contributed by atoms with E-state index in [0.717, 1.165) is 46.2 Å². The lowest BCUT2D eigenvalue weighted by molar-refractivity contribution is 0.0498. The second-order valence-electron chi connectivity index (χ2n) is 8.69. The Morgan fingerprint density at radius 1 is 1.15 bits per heavy atom. The quantitative estimate of drug-likeness (QED) is 0.411. The van der Waals surface area contributed by atoms with Crippen molar-refractivity contribution in [1.29, 1.82) is 0 Å². The van der Waals surface area contributed by atoms with Gasteiger partial charge in [0.05, 0.1) is 18.3 Å². The normalized spacial score (nSPS) is 17.4. The number of benzene rings is 2. The molecule has 7 heteroatoms. The summed E-state index contributed by atoms with van der Waals surface area (Å²) in [5, 5.41) is 11.5. The van der Waals surface area contributed by atoms with Crippen LogP contribution in [0.4, 0.5) is 0 Å². The molecule has 5 rings (SSSR count). The fourth-order valence-corrected chi connectivity index (χ4v) is 4.62. The van der Waals surface area contributed by atoms with E-state index in [-0.39, 0.29) is 11.9 Å². The first kappa shape index (κ1) is 22.1. The molecule has 0 atom stereocenters. The van der Waals surface area contributed by atoms with Gasteiger partial charge in [0.2, 0.25) is 0 Å². The van der Waals surface area contributed by atoms with Gasteiger partial charge in [-0.15, -0.1) is 0 Å². The van der Waals surface area contributed by atoms with Crippen LogP contribution < -0.4 is 10.1 Å². The van der Waals surface area contributed by atoms with E-state index in [2.05, 4.69) is 32.6 Å². The molecule has 0 radical (unpaired) electrons. The molecule has 0 saturated heterocycles. The molecule has 7 nitrogen and oxygen atoms in total. The molecule has 2 heterocycles. The van der Waals surface area contributed by atoms with E-state index < -0.39 is 0 Å². The number of aromatic nitrogens is 3. The molecule has 34 heavy (non-hydrogen) atoms. The molecule has 0 unspecified atom stereocenters. The topological polar surface area (TPSA) is 83.1 Å². The summed E-state index contributed by atoms with van der Waals surface area (Å²) in [4.78, 5) is 20.2. The molecule has 0 aliphatic heterocycles. The van der Waals surface area contributed by atoms with Crippen LogP contribution in [0.2, 0.25) is 0 Å². The number of rotatable bonds is 8. The summed E-state index contributed by atoms with van der Waals surface area (Å²) in [6.45, 7) is 2.96. The van der Waals surface area contributed by atoms with Crippen molar-refractivity contribution in [2.75, 3.05) is 13.7 Å². The number of H-pyrrole nitrogens is 1. The fourth-order valence-electron chi connectivity index (χ4n) is 4.62. The average Bonchev–Trinajstić information content (AvgIpc) is 3.33. The maximum atomic E-state index is 13.9. The number of carbonyl (C=O) groups is 1. The lowest BCUT2D eigenvalue weighted by atomic mass is 9.85. The van der Waals surface area contributed by atoms with Crippen molar-refractivity contribution in [2.24, 2.45) is 0 Å². The molecule has 2 N–H and O–H groups in total. The zero-order chi connectivity index (χ0) is 23.5. The van der Waals surface area contributed by atoms with Gasteiger partial charge in [-0.05, 0) is 50.6 Å². The lowest BCUT2D eigenvalue weighted by Crippen LogP contribution is -2.53. The van der Waals surface area contributed by atoms with Crippen molar-refractivity contribution in [1.82, 2.24) is 25.4 Å². The Bertz CT molecular complexity index is 1280. The molecule has 1 aliphatic rings. The van der Waals surface area contributed by atoms with Crippen LogP contribution in [-0.4, -0.2) is 51.7 Å². The van der Waals surface area contributed by atoms with Crippen molar-refractivity contribution in [3.05, 3.63) is 78.2 Å². The average molecular weight is 456 g/mol. The van der Waals surface area contributed by atoms with Gasteiger partial charge >= 0.3 is 0 Å². The van der Waals surface area contributed by atoms with Gasteiger partial charge in [-0.25, -0.2) is 0 Å². The van der Waals surface area contributed by atoms with Crippen molar-refractivity contribution >= 4 is 16.8 Å². The lowest BCUT2D eigenvalue weighted by Gasteiger charge is -2.43. The van der Waals surface area contributed by atoms with Crippen LogP contribution in [0.5, 0.6) is 5.75 Å². The first-order valence-corrected chi connectivity index (χ1v) is 11.7. The maximum Gasteiger partial charge on any atom is 0.254 e. The Balaban J connectivity index is 1.48. The Kier molecular flexibility index (Phi) is 6.27. The van der Waals surface area contributed by atoms with Crippen LogP contribution in [0.3, 0.4) is 0 Å². The van der Waals surface area contributed by atoms with Crippen LogP contribution in [0.25, 0.3) is 22.0 Å². The Morgan fingerprint density at radius 3 is 2.74 bits per heavy atom. The molecule has 1 fully saturated rings. The zero-order valence-electron chi connectivity index (χ0n) is 19.5. The molecule has 2 aromatic heterocycles. The molecule has 2 aromatic carbocycles. The van der Waals surface area contributed by atoms with Gasteiger partial charge in [0.25, 0.3) is 5.91 Å². The first-order chi connectivity index (χ1) is 16.7. The van der Waals surface area contributed by atoms with Crippen LogP contribution in [-0.2, 0) is 6.54 Å². The largest absolute Gasteiger partial charge is 0.493 e. The Labute approximate surface area is 199 Å². The predicted octanol–water partition coefficient (Wildman–Crippen LogP) is 4.42. The van der Waals surface area contributed by atoms with E-state index in [4.69, 9.17) is 4.74 Å². The number of nitrogens with one attached hydrogen (secondary N) is 2. The molecule has 174 valence electrons. The molecule has 0 spiro atoms. The van der Waals surface area contributed by atoms with Crippen molar-refractivity contribution in [3.63, 3.8) is 0 Å². The molecule has 1 saturated carbocycles. The number of nitrogens with zero attached hydrogens (tertiary/aromatic N) is 3. The molecule has 4 aromatic rings. The monoisotopic (exact) mass is 455 g/mol. The number of aromatic amines is 1. The number of pyridine rings is 1. The number of amides is 1. The van der Waals surface area contributed by atoms with Crippen molar-refractivity contribution in [2.45, 2.75) is 38.4 Å². The van der Waals surface area contributed by atoms with Gasteiger partial charge in [0.15, 0.2) is 0 Å². The number of fused-ring (bicyclic) bond motifs is 1. The van der Waals surface area contributed by atoms with Gasteiger partial charge in [0, 0.05) is 53.1 Å². The minimum atomic E-state index is -0.00311. The highest BCUT2D eigenvalue weighted by molar-refractivity contribution is 5.96. The predicted molar refractivity (Wildman–Crippen MR) is 133 cm³/mol. The van der Waals surface area contributed by atoms with Crippen LogP contribution in [0.1, 0.15) is 35.7 Å². The van der Waals surface area contributed by atoms with Crippen molar-refractivity contribution < 1.29 is 9.53 Å². The van der Waals surface area contributed by atoms with Gasteiger partial charge in [-0.2, -0.15) is 5.10 Å². The number of hydrogen-bond donors (Lipinski definition) is 2. The summed E-state index contributed by atoms with van der Waals surface area (Å²) in [7, 11) is 1.97. The molecular formula is C27H29N5O2. The third-order valence-corrected chi connectivity index (χ3v) is 6.61. The molecule has 1 aliphatic carbocycles. The SMILES string of the molecule is CCOc1cc(C(=O)N(Cc2cncc3cn[nH]c23)C2CC(NC)C2)ccc1-c1ccccc1. The minimum Gasteiger partial charge on any atom is -0.493 e. The van der Waals surface area contributed by atoms with Crippen LogP contribution in [0, 0.1) is 0 Å². The van der Waals surface area contributed by atoms with Crippen molar-refractivity contribution in [3.8, 4) is 16.9 Å². The molecular weight excluding hydrogens is 426 g/mol. The van der Waals surface area contributed by atoms with Gasteiger partial charge in [-0.1, -0.05) is 30.3 Å². The molecule has 0 bridgehead atoms. The number of carbonyl (C=O) groups excluding carboxylic acids is 1. The zero-order valence-corrected chi connectivity index (χ0v) is 19.5. The van der Waals surface area contributed by atoms with Gasteiger partial charge < -0.3 is 15.0 Å². The Morgan fingerprint density at radius 2 is 1.97 bits per heavy atom. The highest BCUT2D eigenvalue weighted by Gasteiger charge is 2.36. The Hall–Kier alpha value is -3.71. The van der Waals surface area contributed by atoms with Gasteiger partial charge in [-0.3, -0.25) is 14.9 Å². The number of ether oxygens (including phenoxy) is 1. The van der Waals surface area contributed by atoms with E-state index in [1.54, 1.807) is 12.4 Å². The first-order valence-electron chi connectivity index (χ1n) is 11.7. The third-order valence-electron chi connectivity index (χ3n) is 6.61. The second-order valence-corrected chi connectivity index (χ2v) is 8.69. The van der Waals surface area contributed by atoms with E-state index >= 15 is 0 Å². The number of hydrogen-bond acceptors (Lipinski definition) is 5. The summed E-state index contributed by atoms with van der Waals surface area (Å²) in [5.41, 5.74) is 4.56. The van der Waals surface area contributed by atoms with Crippen LogP contribution >= 0.6 is 0 Å². The summed E-state index contributed by atoms with van der Waals surface area (Å²) < 4.78 is 5.96. The summed E-state index contributed by atoms with van der Waals surface area (Å²) in [6, 6.07) is 16.5. The summed E-state index contributed by atoms with van der Waals surface area (Å²) in [6.07, 6.45) is 7.21. The van der Waals surface area contributed by atoms with Crippen LogP contribution in [0.15, 0.2) is 67.1 Å². The van der Waals surface area contributed by atoms with Gasteiger partial charge in [0.1, 0.15) is 5.75 Å². The highest BCUT2D eigenvalue weighted by Crippen LogP contribution is 2.34. The maximum absolute atomic E-state index is 13.9. The minimum absolute atomic E-state index is 0.00311. The van der Waals surface area contributed by atoms with E-state index in [1.165, 1.54) is 0 Å². The smallest absolute Gasteiger partial charge is 0.254 e.